The Morgan fingerprint density at radius 2 is 1.74 bits per heavy atom. The lowest BCUT2D eigenvalue weighted by atomic mass is 9.74. The summed E-state index contributed by atoms with van der Waals surface area (Å²) in [6.07, 6.45) is 6.75. The molecule has 3 amide bonds. The first-order valence-corrected chi connectivity index (χ1v) is 14.1. The number of carbonyl (C=O) groups is 2. The minimum absolute atomic E-state index is 0.00985. The molecule has 1 aromatic heterocycles. The van der Waals surface area contributed by atoms with E-state index in [2.05, 4.69) is 49.8 Å². The third-order valence-corrected chi connectivity index (χ3v) is 8.68. The molecular weight excluding hydrogens is 494 g/mol. The van der Waals surface area contributed by atoms with E-state index in [1.54, 1.807) is 14.1 Å². The normalized spacial score (nSPS) is 23.2. The first-order chi connectivity index (χ1) is 18.6. The average Bonchev–Trinajstić information content (AvgIpc) is 3.76. The number of nitrogens with zero attached hydrogens (tertiary/aromatic N) is 6. The van der Waals surface area contributed by atoms with Crippen LogP contribution in [0.2, 0.25) is 0 Å². The summed E-state index contributed by atoms with van der Waals surface area (Å²) < 4.78 is 0. The molecular formula is C28H41N9O2. The van der Waals surface area contributed by atoms with Gasteiger partial charge in [-0.1, -0.05) is 19.1 Å². The molecule has 0 bridgehead atoms. The zero-order chi connectivity index (χ0) is 27.7. The van der Waals surface area contributed by atoms with E-state index < -0.39 is 5.91 Å². The Morgan fingerprint density at radius 3 is 2.36 bits per heavy atom. The van der Waals surface area contributed by atoms with Crippen LogP contribution < -0.4 is 21.3 Å². The quantitative estimate of drug-likeness (QED) is 0.493. The van der Waals surface area contributed by atoms with Gasteiger partial charge in [0.05, 0.1) is 6.04 Å². The molecule has 0 spiro atoms. The van der Waals surface area contributed by atoms with Gasteiger partial charge in [0.15, 0.2) is 11.5 Å². The average molecular weight is 536 g/mol. The molecule has 4 N–H and O–H groups in total. The molecule has 3 aliphatic rings. The molecule has 11 nitrogen and oxygen atoms in total. The third-order valence-electron chi connectivity index (χ3n) is 8.68. The van der Waals surface area contributed by atoms with E-state index >= 15 is 0 Å². The maximum Gasteiger partial charge on any atom is 0.317 e. The highest BCUT2D eigenvalue weighted by atomic mass is 16.2. The van der Waals surface area contributed by atoms with Gasteiger partial charge in [0, 0.05) is 38.4 Å². The lowest BCUT2D eigenvalue weighted by Gasteiger charge is -2.40. The summed E-state index contributed by atoms with van der Waals surface area (Å²) in [5, 5.41) is 14.7. The number of hydrogen-bond acceptors (Lipinski definition) is 8. The van der Waals surface area contributed by atoms with Crippen molar-refractivity contribution in [3.8, 4) is 0 Å². The maximum atomic E-state index is 12.3. The predicted molar refractivity (Wildman–Crippen MR) is 151 cm³/mol. The van der Waals surface area contributed by atoms with Crippen LogP contribution in [0.4, 0.5) is 22.2 Å². The molecule has 3 fully saturated rings. The zero-order valence-electron chi connectivity index (χ0n) is 23.5. The Kier molecular flexibility index (Phi) is 7.61. The van der Waals surface area contributed by atoms with Crippen molar-refractivity contribution in [1.29, 1.82) is 0 Å². The fourth-order valence-electron chi connectivity index (χ4n) is 5.80. The second kappa shape index (κ2) is 11.0. The number of aromatic nitrogens is 3. The first kappa shape index (κ1) is 27.1. The number of benzene rings is 1. The van der Waals surface area contributed by atoms with Crippen molar-refractivity contribution < 1.29 is 9.59 Å². The Labute approximate surface area is 230 Å². The van der Waals surface area contributed by atoms with E-state index in [1.807, 2.05) is 24.0 Å². The lowest BCUT2D eigenvalue weighted by Crippen LogP contribution is -2.56. The summed E-state index contributed by atoms with van der Waals surface area (Å²) in [5.41, 5.74) is 7.89. The number of carbonyl (C=O) groups excluding carboxylic acids is 2. The highest BCUT2D eigenvalue weighted by Crippen LogP contribution is 2.39. The van der Waals surface area contributed by atoms with Gasteiger partial charge in [-0.05, 0) is 81.6 Å². The molecule has 0 unspecified atom stereocenters. The molecule has 1 aromatic carbocycles. The molecule has 39 heavy (non-hydrogen) atoms. The lowest BCUT2D eigenvalue weighted by molar-refractivity contribution is 0.0995. The van der Waals surface area contributed by atoms with Crippen molar-refractivity contribution in [1.82, 2.24) is 30.3 Å². The molecule has 1 aliphatic carbocycles. The highest BCUT2D eigenvalue weighted by molar-refractivity contribution is 5.96. The van der Waals surface area contributed by atoms with Crippen LogP contribution in [0, 0.1) is 0 Å². The van der Waals surface area contributed by atoms with Crippen LogP contribution in [0.25, 0.3) is 0 Å². The van der Waals surface area contributed by atoms with Gasteiger partial charge in [0.2, 0.25) is 5.95 Å². The van der Waals surface area contributed by atoms with Crippen molar-refractivity contribution in [2.24, 2.45) is 5.73 Å². The van der Waals surface area contributed by atoms with Crippen molar-refractivity contribution in [3.63, 3.8) is 0 Å². The zero-order valence-corrected chi connectivity index (χ0v) is 23.5. The number of nitrogens with two attached hydrogens (primary N) is 1. The van der Waals surface area contributed by atoms with Crippen molar-refractivity contribution in [2.75, 3.05) is 43.9 Å². The van der Waals surface area contributed by atoms with Crippen LogP contribution >= 0.6 is 0 Å². The van der Waals surface area contributed by atoms with Crippen LogP contribution in [0.15, 0.2) is 24.3 Å². The van der Waals surface area contributed by atoms with Crippen molar-refractivity contribution >= 4 is 29.4 Å². The second-order valence-corrected chi connectivity index (χ2v) is 11.7. The molecule has 0 radical (unpaired) electrons. The Bertz CT molecular complexity index is 1190. The number of hydrogen-bond donors (Lipinski definition) is 3. The van der Waals surface area contributed by atoms with Crippen molar-refractivity contribution in [2.45, 2.75) is 75.9 Å². The summed E-state index contributed by atoms with van der Waals surface area (Å²) in [6, 6.07) is 8.96. The predicted octanol–water partition coefficient (Wildman–Crippen LogP) is 2.86. The number of likely N-dealkylation sites (tertiary alicyclic amines) is 1. The van der Waals surface area contributed by atoms with E-state index in [9.17, 15) is 9.59 Å². The molecule has 210 valence electrons. The monoisotopic (exact) mass is 535 g/mol. The summed E-state index contributed by atoms with van der Waals surface area (Å²) >= 11 is 0. The third kappa shape index (κ3) is 5.93. The molecule has 2 aromatic rings. The Morgan fingerprint density at radius 1 is 1.05 bits per heavy atom. The van der Waals surface area contributed by atoms with E-state index in [-0.39, 0.29) is 35.0 Å². The van der Waals surface area contributed by atoms with Crippen molar-refractivity contribution in [3.05, 3.63) is 35.5 Å². The van der Waals surface area contributed by atoms with Crippen LogP contribution in [-0.2, 0) is 5.41 Å². The van der Waals surface area contributed by atoms with Gasteiger partial charge in [-0.25, -0.2) is 4.79 Å². The second-order valence-electron chi connectivity index (χ2n) is 11.7. The summed E-state index contributed by atoms with van der Waals surface area (Å²) in [5.74, 6) is -0.0281. The fourth-order valence-corrected chi connectivity index (χ4v) is 5.80. The molecule has 11 heteroatoms. The van der Waals surface area contributed by atoms with Gasteiger partial charge < -0.3 is 31.1 Å². The topological polar surface area (TPSA) is 133 Å². The number of rotatable bonds is 7. The van der Waals surface area contributed by atoms with Crippen LogP contribution in [-0.4, -0.2) is 88.8 Å². The number of amides is 3. The van der Waals surface area contributed by atoms with Gasteiger partial charge in [-0.3, -0.25) is 4.79 Å². The summed E-state index contributed by atoms with van der Waals surface area (Å²) in [6.45, 7) is 7.43. The highest BCUT2D eigenvalue weighted by Gasteiger charge is 2.37. The van der Waals surface area contributed by atoms with Crippen LogP contribution in [0.5, 0.6) is 0 Å². The summed E-state index contributed by atoms with van der Waals surface area (Å²) in [4.78, 5) is 35.3. The van der Waals surface area contributed by atoms with Crippen LogP contribution in [0.1, 0.15) is 68.4 Å². The maximum absolute atomic E-state index is 12.3. The fraction of sp³-hybridized carbons (Fsp3) is 0.607. The minimum atomic E-state index is -0.696. The molecule has 3 heterocycles. The number of piperidine rings is 2. The molecule has 2 saturated heterocycles. The standard InChI is InChI=1S/C28H41N9O2/c1-18-22(31-27(39)35(3)4)6-5-15-37(18)26-32-25(23(24(29)38)33-34-26)30-20-9-7-19(8-10-20)28(2)13-16-36(17-14-28)21-11-12-21/h7-10,18,21-22H,5-6,11-17H2,1-4H3,(H2,29,38)(H,31,39)(H,30,32,34)/t18-,22-/m1/s1. The SMILES string of the molecule is C[C@@H]1[C@H](NC(=O)N(C)C)CCCN1c1nnc(C(N)=O)c(Nc2ccc(C3(C)CCN(C4CC4)CC3)cc2)n1. The van der Waals surface area contributed by atoms with E-state index in [0.29, 0.717) is 5.95 Å². The minimum Gasteiger partial charge on any atom is -0.364 e. The Balaban J connectivity index is 1.31. The van der Waals surface area contributed by atoms with E-state index in [1.165, 1.54) is 23.3 Å². The molecule has 2 atom stereocenters. The number of nitrogens with one attached hydrogen (secondary N) is 2. The molecule has 5 rings (SSSR count). The number of primary amides is 1. The Hall–Kier alpha value is -3.47. The van der Waals surface area contributed by atoms with E-state index in [4.69, 9.17) is 5.73 Å². The largest absolute Gasteiger partial charge is 0.364 e. The van der Waals surface area contributed by atoms with Gasteiger partial charge in [0.25, 0.3) is 5.91 Å². The summed E-state index contributed by atoms with van der Waals surface area (Å²) in [7, 11) is 3.44. The van der Waals surface area contributed by atoms with Gasteiger partial charge in [-0.2, -0.15) is 4.98 Å². The van der Waals surface area contributed by atoms with Gasteiger partial charge >= 0.3 is 6.03 Å². The van der Waals surface area contributed by atoms with Gasteiger partial charge in [0.1, 0.15) is 0 Å². The van der Waals surface area contributed by atoms with Crippen LogP contribution in [0.3, 0.4) is 0 Å². The first-order valence-electron chi connectivity index (χ1n) is 14.1. The number of anilines is 3. The smallest absolute Gasteiger partial charge is 0.317 e. The number of urea groups is 1. The molecule has 2 aliphatic heterocycles. The van der Waals surface area contributed by atoms with Gasteiger partial charge in [-0.15, -0.1) is 10.2 Å². The van der Waals surface area contributed by atoms with E-state index in [0.717, 1.165) is 57.0 Å². The molecule has 1 saturated carbocycles.